The molecule has 0 spiro atoms. The smallest absolute Gasteiger partial charge is 0.317 e. The van der Waals surface area contributed by atoms with Crippen molar-refractivity contribution in [3.63, 3.8) is 0 Å². The third kappa shape index (κ3) is 9.31. The zero-order chi connectivity index (χ0) is 43.7. The van der Waals surface area contributed by atoms with Crippen molar-refractivity contribution in [3.8, 4) is 28.7 Å². The van der Waals surface area contributed by atoms with Crippen LogP contribution in [0.4, 0.5) is 0 Å². The quantitative estimate of drug-likeness (QED) is 0.0510. The summed E-state index contributed by atoms with van der Waals surface area (Å²) in [7, 11) is 0. The highest BCUT2D eigenvalue weighted by Gasteiger charge is 2.53. The van der Waals surface area contributed by atoms with E-state index in [1.165, 1.54) is 12.1 Å². The van der Waals surface area contributed by atoms with Gasteiger partial charge in [0.05, 0.1) is 18.8 Å². The topological polar surface area (TPSA) is 391 Å². The minimum atomic E-state index is -2.12. The zero-order valence-electron chi connectivity index (χ0n) is 30.9. The summed E-state index contributed by atoms with van der Waals surface area (Å²) >= 11 is 0. The Morgan fingerprint density at radius 3 is 1.87 bits per heavy atom. The number of carboxylic acid groups (broad SMARTS) is 1. The average Bonchev–Trinajstić information content (AvgIpc) is 3.20. The van der Waals surface area contributed by atoms with Crippen molar-refractivity contribution >= 4 is 18.0 Å². The first-order valence-electron chi connectivity index (χ1n) is 18.2. The fourth-order valence-electron chi connectivity index (χ4n) is 6.75. The molecule has 0 radical (unpaired) electrons. The van der Waals surface area contributed by atoms with Crippen molar-refractivity contribution in [2.45, 2.75) is 105 Å². The van der Waals surface area contributed by atoms with E-state index in [0.717, 1.165) is 24.3 Å². The van der Waals surface area contributed by atoms with E-state index in [4.69, 9.17) is 43.0 Å². The largest absolute Gasteiger partial charge is 0.508 e. The summed E-state index contributed by atoms with van der Waals surface area (Å²) in [6, 6.07) is 5.56. The molecule has 4 aliphatic heterocycles. The maximum atomic E-state index is 12.1. The number of benzene rings is 2. The number of aromatic hydroxyl groups is 3. The van der Waals surface area contributed by atoms with Crippen LogP contribution < -0.4 is 9.47 Å². The lowest BCUT2D eigenvalue weighted by Gasteiger charge is -2.46. The summed E-state index contributed by atoms with van der Waals surface area (Å²) in [6.45, 7) is -2.56. The summed E-state index contributed by atoms with van der Waals surface area (Å²) in [5.41, 5.74) is -0.0511. The zero-order valence-corrected chi connectivity index (χ0v) is 30.9. The first kappa shape index (κ1) is 44.9. The Kier molecular flexibility index (Phi) is 13.9. The first-order chi connectivity index (χ1) is 28.4. The van der Waals surface area contributed by atoms with Crippen LogP contribution in [0.5, 0.6) is 28.7 Å². The number of hydrogen-bond acceptors (Lipinski definition) is 23. The van der Waals surface area contributed by atoms with Crippen LogP contribution in [0.2, 0.25) is 0 Å². The van der Waals surface area contributed by atoms with Gasteiger partial charge in [0.25, 0.3) is 0 Å². The lowest BCUT2D eigenvalue weighted by atomic mass is 9.97. The summed E-state index contributed by atoms with van der Waals surface area (Å²) in [4.78, 5) is 23.1. The van der Waals surface area contributed by atoms with Crippen LogP contribution in [0.3, 0.4) is 0 Å². The molecule has 3 fully saturated rings. The number of phenols is 3. The van der Waals surface area contributed by atoms with E-state index in [-0.39, 0.29) is 28.4 Å². The van der Waals surface area contributed by atoms with Crippen molar-refractivity contribution in [3.05, 3.63) is 47.2 Å². The van der Waals surface area contributed by atoms with Gasteiger partial charge in [0.1, 0.15) is 103 Å². The van der Waals surface area contributed by atoms with Crippen molar-refractivity contribution in [1.29, 1.82) is 0 Å². The number of rotatable bonds is 13. The van der Waals surface area contributed by atoms with Crippen molar-refractivity contribution in [2.24, 2.45) is 0 Å². The summed E-state index contributed by atoms with van der Waals surface area (Å²) in [5.74, 6) is -5.32. The predicted molar refractivity (Wildman–Crippen MR) is 187 cm³/mol. The second kappa shape index (κ2) is 18.5. The number of ether oxygens (including phenoxy) is 8. The van der Waals surface area contributed by atoms with E-state index < -0.39 is 154 Å². The molecule has 0 bridgehead atoms. The van der Waals surface area contributed by atoms with Gasteiger partial charge in [0, 0.05) is 17.7 Å². The molecule has 2 aromatic carbocycles. The van der Waals surface area contributed by atoms with Crippen LogP contribution >= 0.6 is 0 Å². The van der Waals surface area contributed by atoms with Gasteiger partial charge in [-0.1, -0.05) is 6.07 Å². The molecule has 3 saturated heterocycles. The molecule has 6 rings (SSSR count). The Hall–Kier alpha value is -4.64. The van der Waals surface area contributed by atoms with Crippen LogP contribution in [0.25, 0.3) is 6.08 Å². The third-order valence-electron chi connectivity index (χ3n) is 10.0. The molecule has 332 valence electrons. The molecule has 1 unspecified atom stereocenters. The van der Waals surface area contributed by atoms with Crippen LogP contribution in [0.15, 0.2) is 36.1 Å². The second-order valence-corrected chi connectivity index (χ2v) is 14.2. The van der Waals surface area contributed by atoms with Gasteiger partial charge in [0.15, 0.2) is 30.0 Å². The number of aliphatic hydroxyl groups excluding tert-OH is 10. The highest BCUT2D eigenvalue weighted by molar-refractivity contribution is 5.90. The molecule has 0 saturated carbocycles. The maximum absolute atomic E-state index is 12.1. The number of carboxylic acids is 1. The number of phenolic OH excluding ortho intramolecular Hbond substituents is 3. The fourth-order valence-corrected chi connectivity index (χ4v) is 6.75. The number of fused-ring (bicyclic) bond motifs is 1. The minimum Gasteiger partial charge on any atom is -0.508 e. The Morgan fingerprint density at radius 1 is 0.650 bits per heavy atom. The SMILES string of the molecule is O=C(O)CC(=O)OC[C@H]1O[C@@H](OC2=Cc3c(cc(O)cc3O[C@@H]3O[C@H](CO)[C@@H](O)[C@H](O)[C@H]3O)OC2c2ccc(O)c(O)c2)[C@H](O[C@@H]2O[C@H](CO)[C@@H](O)[C@H](O)[C@H]2O)[C@@H](O)[C@@H]1O. The van der Waals surface area contributed by atoms with Crippen LogP contribution in [0, 0.1) is 0 Å². The maximum Gasteiger partial charge on any atom is 0.317 e. The van der Waals surface area contributed by atoms with Gasteiger partial charge in [-0.05, 0) is 18.2 Å². The molecule has 60 heavy (non-hydrogen) atoms. The molecule has 4 heterocycles. The monoisotopic (exact) mass is 860 g/mol. The minimum absolute atomic E-state index is 0.0453. The molecular weight excluding hydrogens is 816 g/mol. The van der Waals surface area contributed by atoms with Crippen LogP contribution in [-0.2, 0) is 38.0 Å². The van der Waals surface area contributed by atoms with Gasteiger partial charge in [-0.15, -0.1) is 0 Å². The number of carbonyl (C=O) groups is 2. The first-order valence-corrected chi connectivity index (χ1v) is 18.2. The van der Waals surface area contributed by atoms with Gasteiger partial charge in [-0.25, -0.2) is 0 Å². The van der Waals surface area contributed by atoms with Gasteiger partial charge in [-0.2, -0.15) is 0 Å². The Morgan fingerprint density at radius 2 is 1.25 bits per heavy atom. The molecule has 4 aliphatic rings. The van der Waals surface area contributed by atoms with Crippen molar-refractivity contribution < 1.29 is 119 Å². The van der Waals surface area contributed by atoms with Gasteiger partial charge in [-0.3, -0.25) is 9.59 Å². The number of hydrogen-bond donors (Lipinski definition) is 14. The lowest BCUT2D eigenvalue weighted by molar-refractivity contribution is -0.364. The van der Waals surface area contributed by atoms with Gasteiger partial charge < -0.3 is 109 Å². The van der Waals surface area contributed by atoms with E-state index in [9.17, 15) is 76.0 Å². The Bertz CT molecular complexity index is 1870. The number of carbonyl (C=O) groups excluding carboxylic acids is 1. The van der Waals surface area contributed by atoms with Crippen molar-refractivity contribution in [1.82, 2.24) is 0 Å². The standard InChI is InChI=1S/C36H44O24/c37-8-19-24(45)27(48)30(51)34(57-19)55-17-5-12(39)4-16-13(17)6-18(32(54-16)11-1-2-14(40)15(41)3-11)56-36-33(60-35-31(52)28(49)25(46)20(9-38)58-35)29(50)26(47)21(59-36)10-53-23(44)7-22(42)43/h1-6,19-21,24-41,45-52H,7-10H2,(H,42,43)/t19-,20-,21-,24-,25-,26-,27+,28+,29+,30-,31-,32?,33-,34-,35+,36-/m1/s1. The Labute approximate surface area is 337 Å². The molecule has 16 atom stereocenters. The normalized spacial score (nSPS) is 36.6. The van der Waals surface area contributed by atoms with E-state index in [1.54, 1.807) is 0 Å². The molecule has 0 amide bonds. The molecule has 0 aliphatic carbocycles. The van der Waals surface area contributed by atoms with E-state index in [0.29, 0.717) is 0 Å². The molecule has 2 aromatic rings. The average molecular weight is 861 g/mol. The molecule has 24 nitrogen and oxygen atoms in total. The summed E-state index contributed by atoms with van der Waals surface area (Å²) in [6.07, 6.45) is -29.2. The molecular formula is C36H44O24. The number of esters is 1. The molecule has 24 heteroatoms. The highest BCUT2D eigenvalue weighted by Crippen LogP contribution is 2.47. The van der Waals surface area contributed by atoms with Gasteiger partial charge in [0.2, 0.25) is 12.6 Å². The summed E-state index contributed by atoms with van der Waals surface area (Å²) < 4.78 is 45.7. The molecule has 14 N–H and O–H groups in total. The summed E-state index contributed by atoms with van der Waals surface area (Å²) in [5, 5.41) is 145. The predicted octanol–water partition coefficient (Wildman–Crippen LogP) is -4.88. The van der Waals surface area contributed by atoms with E-state index in [2.05, 4.69) is 0 Å². The van der Waals surface area contributed by atoms with Gasteiger partial charge >= 0.3 is 11.9 Å². The van der Waals surface area contributed by atoms with Crippen LogP contribution in [0.1, 0.15) is 23.7 Å². The highest BCUT2D eigenvalue weighted by atomic mass is 16.8. The third-order valence-corrected chi connectivity index (χ3v) is 10.0. The van der Waals surface area contributed by atoms with Crippen molar-refractivity contribution in [2.75, 3.05) is 19.8 Å². The Balaban J connectivity index is 1.41. The molecule has 0 aromatic heterocycles. The number of aliphatic carboxylic acids is 1. The van der Waals surface area contributed by atoms with E-state index >= 15 is 0 Å². The fraction of sp³-hybridized carbons (Fsp3) is 0.556. The van der Waals surface area contributed by atoms with E-state index in [1.807, 2.05) is 0 Å². The second-order valence-electron chi connectivity index (χ2n) is 14.2. The lowest BCUT2D eigenvalue weighted by Crippen LogP contribution is -2.64. The number of aliphatic hydroxyl groups is 10. The van der Waals surface area contributed by atoms with Crippen LogP contribution in [-0.4, -0.2) is 195 Å².